The highest BCUT2D eigenvalue weighted by Gasteiger charge is 2.17. The molecule has 1 heterocycles. The lowest BCUT2D eigenvalue weighted by atomic mass is 10.1. The molecule has 0 radical (unpaired) electrons. The van der Waals surface area contributed by atoms with Crippen molar-refractivity contribution in [3.8, 4) is 17.0 Å². The van der Waals surface area contributed by atoms with Gasteiger partial charge in [-0.25, -0.2) is 0 Å². The van der Waals surface area contributed by atoms with Crippen LogP contribution in [0.2, 0.25) is 0 Å². The number of rotatable bonds is 7. The third kappa shape index (κ3) is 4.37. The molecular weight excluding hydrogens is 302 g/mol. The number of carbonyl (C=O) groups excluding carboxylic acids is 1. The molecule has 1 aromatic carbocycles. The molecule has 0 aliphatic heterocycles. The predicted octanol–water partition coefficient (Wildman–Crippen LogP) is 3.40. The van der Waals surface area contributed by atoms with Gasteiger partial charge in [0.1, 0.15) is 12.3 Å². The summed E-state index contributed by atoms with van der Waals surface area (Å²) in [7, 11) is 0. The number of amides is 1. The molecule has 128 valence electrons. The Morgan fingerprint density at radius 1 is 1.25 bits per heavy atom. The van der Waals surface area contributed by atoms with Crippen molar-refractivity contribution in [2.75, 3.05) is 6.61 Å². The van der Waals surface area contributed by atoms with E-state index in [-0.39, 0.29) is 12.5 Å². The molecule has 2 aromatic rings. The van der Waals surface area contributed by atoms with E-state index in [4.69, 9.17) is 4.74 Å². The second-order valence-corrected chi connectivity index (χ2v) is 6.32. The van der Waals surface area contributed by atoms with Crippen LogP contribution in [-0.4, -0.2) is 28.3 Å². The fourth-order valence-electron chi connectivity index (χ4n) is 3.04. The van der Waals surface area contributed by atoms with Crippen molar-refractivity contribution in [1.29, 1.82) is 0 Å². The van der Waals surface area contributed by atoms with Crippen LogP contribution in [0.4, 0.5) is 0 Å². The second-order valence-electron chi connectivity index (χ2n) is 6.32. The van der Waals surface area contributed by atoms with Gasteiger partial charge in [-0.05, 0) is 49.6 Å². The van der Waals surface area contributed by atoms with Crippen LogP contribution in [0.25, 0.3) is 11.3 Å². The van der Waals surface area contributed by atoms with E-state index < -0.39 is 0 Å². The lowest BCUT2D eigenvalue weighted by Crippen LogP contribution is -2.35. The van der Waals surface area contributed by atoms with Crippen molar-refractivity contribution in [3.05, 3.63) is 36.5 Å². The zero-order chi connectivity index (χ0) is 16.8. The van der Waals surface area contributed by atoms with Crippen LogP contribution in [-0.2, 0) is 11.3 Å². The predicted molar refractivity (Wildman–Crippen MR) is 93.8 cm³/mol. The van der Waals surface area contributed by atoms with Gasteiger partial charge in [0.15, 0.2) is 0 Å². The van der Waals surface area contributed by atoms with Gasteiger partial charge in [-0.15, -0.1) is 0 Å². The van der Waals surface area contributed by atoms with Gasteiger partial charge in [0, 0.05) is 17.8 Å². The number of nitrogens with one attached hydrogen (secondary N) is 1. The van der Waals surface area contributed by atoms with Crippen molar-refractivity contribution in [2.45, 2.75) is 51.6 Å². The second kappa shape index (κ2) is 7.99. The van der Waals surface area contributed by atoms with Crippen LogP contribution in [0.5, 0.6) is 5.75 Å². The van der Waals surface area contributed by atoms with E-state index in [2.05, 4.69) is 17.3 Å². The third-order valence-electron chi connectivity index (χ3n) is 4.29. The Bertz CT molecular complexity index is 658. The molecule has 0 bridgehead atoms. The zero-order valence-electron chi connectivity index (χ0n) is 14.2. The highest BCUT2D eigenvalue weighted by Crippen LogP contribution is 2.21. The van der Waals surface area contributed by atoms with Crippen LogP contribution in [0.15, 0.2) is 36.5 Å². The molecule has 5 nitrogen and oxygen atoms in total. The van der Waals surface area contributed by atoms with Crippen LogP contribution < -0.4 is 10.1 Å². The summed E-state index contributed by atoms with van der Waals surface area (Å²) in [4.78, 5) is 12.1. The number of nitrogens with zero attached hydrogens (tertiary/aromatic N) is 2. The molecule has 1 saturated carbocycles. The Morgan fingerprint density at radius 3 is 2.71 bits per heavy atom. The van der Waals surface area contributed by atoms with Gasteiger partial charge in [0.25, 0.3) is 0 Å². The standard InChI is InChI=1S/C19H25N3O2/c1-2-13-24-17-9-7-15(8-10-17)18-11-12-22(21-18)14-19(23)20-16-5-3-4-6-16/h7-12,16H,2-6,13-14H2,1H3,(H,20,23). The van der Waals surface area contributed by atoms with Crippen molar-refractivity contribution < 1.29 is 9.53 Å². The largest absolute Gasteiger partial charge is 0.494 e. The van der Waals surface area contributed by atoms with Gasteiger partial charge in [0.05, 0.1) is 12.3 Å². The van der Waals surface area contributed by atoms with Crippen molar-refractivity contribution in [2.24, 2.45) is 0 Å². The van der Waals surface area contributed by atoms with Crippen molar-refractivity contribution >= 4 is 5.91 Å². The summed E-state index contributed by atoms with van der Waals surface area (Å²) in [6, 6.07) is 10.2. The van der Waals surface area contributed by atoms with Crippen LogP contribution in [0.1, 0.15) is 39.0 Å². The first-order valence-corrected chi connectivity index (χ1v) is 8.80. The molecule has 1 fully saturated rings. The molecule has 1 amide bonds. The van der Waals surface area contributed by atoms with Crippen molar-refractivity contribution in [3.63, 3.8) is 0 Å². The van der Waals surface area contributed by atoms with Gasteiger partial charge >= 0.3 is 0 Å². The number of ether oxygens (including phenoxy) is 1. The summed E-state index contributed by atoms with van der Waals surface area (Å²) in [5, 5.41) is 7.59. The van der Waals surface area contributed by atoms with Gasteiger partial charge in [0.2, 0.25) is 5.91 Å². The fraction of sp³-hybridized carbons (Fsp3) is 0.474. The molecule has 3 rings (SSSR count). The van der Waals surface area contributed by atoms with E-state index in [0.717, 1.165) is 42.9 Å². The fourth-order valence-corrected chi connectivity index (χ4v) is 3.04. The molecular formula is C19H25N3O2. The van der Waals surface area contributed by atoms with Gasteiger partial charge in [-0.2, -0.15) is 5.10 Å². The molecule has 24 heavy (non-hydrogen) atoms. The summed E-state index contributed by atoms with van der Waals surface area (Å²) in [6.07, 6.45) is 7.48. The third-order valence-corrected chi connectivity index (χ3v) is 4.29. The van der Waals surface area contributed by atoms with E-state index in [9.17, 15) is 4.79 Å². The number of benzene rings is 1. The molecule has 1 aliphatic rings. The number of hydrogen-bond donors (Lipinski definition) is 1. The van der Waals surface area contributed by atoms with Gasteiger partial charge in [-0.1, -0.05) is 19.8 Å². The van der Waals surface area contributed by atoms with Crippen LogP contribution >= 0.6 is 0 Å². The summed E-state index contributed by atoms with van der Waals surface area (Å²) >= 11 is 0. The lowest BCUT2D eigenvalue weighted by molar-refractivity contribution is -0.122. The topological polar surface area (TPSA) is 56.1 Å². The first-order valence-electron chi connectivity index (χ1n) is 8.80. The average molecular weight is 327 g/mol. The number of carbonyl (C=O) groups is 1. The molecule has 0 spiro atoms. The highest BCUT2D eigenvalue weighted by molar-refractivity contribution is 5.76. The Hall–Kier alpha value is -2.30. The van der Waals surface area contributed by atoms with E-state index in [1.54, 1.807) is 4.68 Å². The average Bonchev–Trinajstić information content (AvgIpc) is 3.25. The minimum Gasteiger partial charge on any atom is -0.494 e. The SMILES string of the molecule is CCCOc1ccc(-c2ccn(CC(=O)NC3CCCC3)n2)cc1. The highest BCUT2D eigenvalue weighted by atomic mass is 16.5. The summed E-state index contributed by atoms with van der Waals surface area (Å²) in [6.45, 7) is 3.09. The molecule has 1 aromatic heterocycles. The Morgan fingerprint density at radius 2 is 2.00 bits per heavy atom. The Kier molecular flexibility index (Phi) is 5.51. The van der Waals surface area contributed by atoms with E-state index in [0.29, 0.717) is 6.04 Å². The van der Waals surface area contributed by atoms with E-state index >= 15 is 0 Å². The maximum absolute atomic E-state index is 12.1. The molecule has 5 heteroatoms. The first-order chi connectivity index (χ1) is 11.7. The van der Waals surface area contributed by atoms with E-state index in [1.165, 1.54) is 12.8 Å². The van der Waals surface area contributed by atoms with Crippen LogP contribution in [0.3, 0.4) is 0 Å². The van der Waals surface area contributed by atoms with E-state index in [1.807, 2.05) is 36.5 Å². The quantitative estimate of drug-likeness (QED) is 0.848. The first kappa shape index (κ1) is 16.6. The lowest BCUT2D eigenvalue weighted by Gasteiger charge is -2.11. The van der Waals surface area contributed by atoms with Crippen molar-refractivity contribution in [1.82, 2.24) is 15.1 Å². The number of aromatic nitrogens is 2. The van der Waals surface area contributed by atoms with Gasteiger partial charge in [-0.3, -0.25) is 9.48 Å². The monoisotopic (exact) mass is 327 g/mol. The maximum atomic E-state index is 12.1. The maximum Gasteiger partial charge on any atom is 0.241 e. The Labute approximate surface area is 143 Å². The number of hydrogen-bond acceptors (Lipinski definition) is 3. The molecule has 0 unspecified atom stereocenters. The molecule has 1 N–H and O–H groups in total. The summed E-state index contributed by atoms with van der Waals surface area (Å²) in [5.74, 6) is 0.913. The molecule has 0 atom stereocenters. The van der Waals surface area contributed by atoms with Crippen LogP contribution in [0, 0.1) is 0 Å². The summed E-state index contributed by atoms with van der Waals surface area (Å²) < 4.78 is 7.28. The minimum atomic E-state index is 0.0415. The molecule has 1 aliphatic carbocycles. The normalized spacial score (nSPS) is 14.7. The van der Waals surface area contributed by atoms with Gasteiger partial charge < -0.3 is 10.1 Å². The summed E-state index contributed by atoms with van der Waals surface area (Å²) in [5.41, 5.74) is 1.89. The zero-order valence-corrected chi connectivity index (χ0v) is 14.2. The molecule has 0 saturated heterocycles. The minimum absolute atomic E-state index is 0.0415. The smallest absolute Gasteiger partial charge is 0.241 e. The Balaban J connectivity index is 1.57.